The largest absolute Gasteiger partial charge is 0.497 e. The highest BCUT2D eigenvalue weighted by Gasteiger charge is 2.30. The number of ether oxygens (including phenoxy) is 1. The van der Waals surface area contributed by atoms with Crippen molar-refractivity contribution in [1.29, 1.82) is 0 Å². The Morgan fingerprint density at radius 1 is 1.32 bits per heavy atom. The van der Waals surface area contributed by atoms with Crippen LogP contribution in [0.25, 0.3) is 0 Å². The van der Waals surface area contributed by atoms with Crippen LogP contribution in [0.4, 0.5) is 5.13 Å². The molecule has 170 valence electrons. The van der Waals surface area contributed by atoms with E-state index in [2.05, 4.69) is 50.0 Å². The van der Waals surface area contributed by atoms with Crippen molar-refractivity contribution in [3.8, 4) is 5.75 Å². The maximum Gasteiger partial charge on any atom is 0.223 e. The minimum absolute atomic E-state index is 0.175. The first-order valence-electron chi connectivity index (χ1n) is 11.1. The van der Waals surface area contributed by atoms with Crippen LogP contribution in [0.2, 0.25) is 0 Å². The molecule has 2 atom stereocenters. The molecule has 6 nitrogen and oxygen atoms in total. The van der Waals surface area contributed by atoms with Gasteiger partial charge in [0.2, 0.25) is 11.0 Å². The number of hydrogen-bond acceptors (Lipinski definition) is 6. The van der Waals surface area contributed by atoms with Crippen LogP contribution in [0.1, 0.15) is 58.8 Å². The molecular weight excluding hydrogens is 408 g/mol. The first-order chi connectivity index (χ1) is 14.6. The lowest BCUT2D eigenvalue weighted by Crippen LogP contribution is -2.54. The fourth-order valence-electron chi connectivity index (χ4n) is 4.44. The summed E-state index contributed by atoms with van der Waals surface area (Å²) in [6.07, 6.45) is 2.38. The van der Waals surface area contributed by atoms with Crippen LogP contribution in [0, 0.1) is 11.3 Å². The number of methoxy groups -OCH3 is 1. The van der Waals surface area contributed by atoms with E-state index in [4.69, 9.17) is 9.72 Å². The van der Waals surface area contributed by atoms with Crippen molar-refractivity contribution in [3.63, 3.8) is 0 Å². The third-order valence-electron chi connectivity index (χ3n) is 5.66. The molecule has 1 aromatic heterocycles. The maximum absolute atomic E-state index is 12.9. The standard InChI is InChI=1S/C24H36N4O2S/c1-17(15-24(3,4)5)12-22(29)28-11-10-27(16-18(28)2)23-25-21(26-31-23)14-19-8-7-9-20(13-19)30-6/h7-9,13,17-18H,10-12,14-16H2,1-6H3. The number of anilines is 1. The average Bonchev–Trinajstić information content (AvgIpc) is 3.14. The fourth-order valence-corrected chi connectivity index (χ4v) is 5.16. The van der Waals surface area contributed by atoms with E-state index in [9.17, 15) is 4.79 Å². The highest BCUT2D eigenvalue weighted by Crippen LogP contribution is 2.28. The summed E-state index contributed by atoms with van der Waals surface area (Å²) in [4.78, 5) is 22.0. The lowest BCUT2D eigenvalue weighted by atomic mass is 9.84. The molecule has 0 spiro atoms. The molecule has 1 aromatic carbocycles. The van der Waals surface area contributed by atoms with Gasteiger partial charge in [-0.3, -0.25) is 4.79 Å². The molecule has 2 unspecified atom stereocenters. The zero-order valence-corrected chi connectivity index (χ0v) is 20.5. The number of carbonyl (C=O) groups is 1. The maximum atomic E-state index is 12.9. The van der Waals surface area contributed by atoms with Gasteiger partial charge in [0.15, 0.2) is 0 Å². The Morgan fingerprint density at radius 2 is 2.10 bits per heavy atom. The van der Waals surface area contributed by atoms with Crippen molar-refractivity contribution < 1.29 is 9.53 Å². The first kappa shape index (κ1) is 23.5. The molecule has 0 radical (unpaired) electrons. The summed E-state index contributed by atoms with van der Waals surface area (Å²) in [7, 11) is 1.68. The highest BCUT2D eigenvalue weighted by atomic mass is 32.1. The molecular formula is C24H36N4O2S. The van der Waals surface area contributed by atoms with Crippen molar-refractivity contribution in [2.24, 2.45) is 11.3 Å². The number of nitrogens with zero attached hydrogens (tertiary/aromatic N) is 4. The van der Waals surface area contributed by atoms with Crippen molar-refractivity contribution >= 4 is 22.6 Å². The third-order valence-corrected chi connectivity index (χ3v) is 6.47. The molecule has 0 bridgehead atoms. The summed E-state index contributed by atoms with van der Waals surface area (Å²) in [6, 6.07) is 8.19. The van der Waals surface area contributed by atoms with Crippen LogP contribution >= 0.6 is 11.5 Å². The van der Waals surface area contributed by atoms with Crippen LogP contribution in [-0.2, 0) is 11.2 Å². The summed E-state index contributed by atoms with van der Waals surface area (Å²) >= 11 is 1.44. The molecule has 31 heavy (non-hydrogen) atoms. The van der Waals surface area contributed by atoms with Gasteiger partial charge in [0, 0.05) is 50.1 Å². The summed E-state index contributed by atoms with van der Waals surface area (Å²) in [5.41, 5.74) is 1.39. The Morgan fingerprint density at radius 3 is 2.77 bits per heavy atom. The van der Waals surface area contributed by atoms with Crippen LogP contribution in [-0.4, -0.2) is 53.0 Å². The van der Waals surface area contributed by atoms with Gasteiger partial charge >= 0.3 is 0 Å². The zero-order chi connectivity index (χ0) is 22.6. The van der Waals surface area contributed by atoms with Crippen LogP contribution in [0.3, 0.4) is 0 Å². The van der Waals surface area contributed by atoms with E-state index in [0.29, 0.717) is 18.8 Å². The Balaban J connectivity index is 1.55. The van der Waals surface area contributed by atoms with Crippen LogP contribution < -0.4 is 9.64 Å². The second-order valence-electron chi connectivity index (χ2n) is 9.98. The van der Waals surface area contributed by atoms with Gasteiger partial charge in [-0.25, -0.2) is 4.98 Å². The summed E-state index contributed by atoms with van der Waals surface area (Å²) < 4.78 is 9.87. The Labute approximate surface area is 190 Å². The van der Waals surface area contributed by atoms with E-state index in [1.165, 1.54) is 11.5 Å². The minimum atomic E-state index is 0.175. The number of rotatable bonds is 7. The van der Waals surface area contributed by atoms with Gasteiger partial charge < -0.3 is 14.5 Å². The van der Waals surface area contributed by atoms with Crippen LogP contribution in [0.15, 0.2) is 24.3 Å². The quantitative estimate of drug-likeness (QED) is 0.623. The number of benzene rings is 1. The van der Waals surface area contributed by atoms with Gasteiger partial charge in [0.25, 0.3) is 0 Å². The number of aromatic nitrogens is 2. The van der Waals surface area contributed by atoms with Crippen molar-refractivity contribution in [2.75, 3.05) is 31.6 Å². The second kappa shape index (κ2) is 9.98. The van der Waals surface area contributed by atoms with E-state index in [0.717, 1.165) is 48.3 Å². The van der Waals surface area contributed by atoms with E-state index < -0.39 is 0 Å². The number of piperazine rings is 1. The Bertz CT molecular complexity index is 876. The van der Waals surface area contributed by atoms with Gasteiger partial charge in [0.05, 0.1) is 7.11 Å². The normalized spacial score (nSPS) is 18.2. The smallest absolute Gasteiger partial charge is 0.223 e. The molecule has 0 aliphatic carbocycles. The molecule has 1 aliphatic heterocycles. The Kier molecular flexibility index (Phi) is 7.57. The lowest BCUT2D eigenvalue weighted by Gasteiger charge is -2.40. The van der Waals surface area contributed by atoms with Gasteiger partial charge in [-0.15, -0.1) is 0 Å². The minimum Gasteiger partial charge on any atom is -0.497 e. The van der Waals surface area contributed by atoms with Gasteiger partial charge in [0.1, 0.15) is 11.6 Å². The van der Waals surface area contributed by atoms with Gasteiger partial charge in [-0.1, -0.05) is 39.8 Å². The molecule has 1 aliphatic rings. The van der Waals surface area contributed by atoms with Crippen LogP contribution in [0.5, 0.6) is 5.75 Å². The third kappa shape index (κ3) is 6.66. The first-order valence-corrected chi connectivity index (χ1v) is 11.9. The summed E-state index contributed by atoms with van der Waals surface area (Å²) in [5, 5.41) is 0.943. The number of hydrogen-bond donors (Lipinski definition) is 0. The van der Waals surface area contributed by atoms with Crippen molar-refractivity contribution in [1.82, 2.24) is 14.3 Å². The lowest BCUT2D eigenvalue weighted by molar-refractivity contribution is -0.134. The average molecular weight is 445 g/mol. The second-order valence-corrected chi connectivity index (χ2v) is 10.7. The molecule has 7 heteroatoms. The van der Waals surface area contributed by atoms with Crippen molar-refractivity contribution in [2.45, 2.75) is 59.9 Å². The SMILES string of the molecule is COc1cccc(Cc2nsc(N3CCN(C(=O)CC(C)CC(C)(C)C)C(C)C3)n2)c1. The number of carbonyl (C=O) groups excluding carboxylic acids is 1. The topological polar surface area (TPSA) is 58.6 Å². The number of amides is 1. The summed E-state index contributed by atoms with van der Waals surface area (Å²) in [6.45, 7) is 13.4. The van der Waals surface area contributed by atoms with Gasteiger partial charge in [-0.2, -0.15) is 4.37 Å². The van der Waals surface area contributed by atoms with E-state index >= 15 is 0 Å². The molecule has 0 saturated carbocycles. The molecule has 3 rings (SSSR count). The Hall–Kier alpha value is -2.15. The van der Waals surface area contributed by atoms with Crippen molar-refractivity contribution in [3.05, 3.63) is 35.7 Å². The molecule has 1 saturated heterocycles. The van der Waals surface area contributed by atoms with E-state index in [1.807, 2.05) is 23.1 Å². The molecule has 1 amide bonds. The molecule has 2 aromatic rings. The molecule has 1 fully saturated rings. The highest BCUT2D eigenvalue weighted by molar-refractivity contribution is 7.09. The van der Waals surface area contributed by atoms with E-state index in [-0.39, 0.29) is 17.4 Å². The monoisotopic (exact) mass is 444 g/mol. The molecule has 2 heterocycles. The predicted molar refractivity (Wildman–Crippen MR) is 127 cm³/mol. The van der Waals surface area contributed by atoms with Gasteiger partial charge in [-0.05, 0) is 42.4 Å². The predicted octanol–water partition coefficient (Wildman–Crippen LogP) is 4.64. The van der Waals surface area contributed by atoms with E-state index in [1.54, 1.807) is 7.11 Å². The zero-order valence-electron chi connectivity index (χ0n) is 19.7. The molecule has 0 N–H and O–H groups in total. The fraction of sp³-hybridized carbons (Fsp3) is 0.625. The summed E-state index contributed by atoms with van der Waals surface area (Å²) in [5.74, 6) is 2.36.